The van der Waals surface area contributed by atoms with Gasteiger partial charge in [0.15, 0.2) is 0 Å². The Hall–Kier alpha value is -3.09. The lowest BCUT2D eigenvalue weighted by Gasteiger charge is -2.31. The lowest BCUT2D eigenvalue weighted by atomic mass is 9.99. The molecule has 0 aromatic heterocycles. The molecule has 1 saturated heterocycles. The molecule has 1 unspecified atom stereocenters. The molecular formula is C22H27N3O4. The van der Waals surface area contributed by atoms with Crippen LogP contribution in [0.3, 0.4) is 0 Å². The average molecular weight is 397 g/mol. The highest BCUT2D eigenvalue weighted by Crippen LogP contribution is 2.34. The monoisotopic (exact) mass is 397 g/mol. The molecule has 1 atom stereocenters. The van der Waals surface area contributed by atoms with Crippen LogP contribution in [0.15, 0.2) is 42.5 Å². The Bertz CT molecular complexity index is 880. The van der Waals surface area contributed by atoms with Crippen LogP contribution >= 0.6 is 0 Å². The lowest BCUT2D eigenvalue weighted by molar-refractivity contribution is -0.384. The van der Waals surface area contributed by atoms with E-state index in [-0.39, 0.29) is 17.6 Å². The third-order valence-electron chi connectivity index (χ3n) is 5.42. The molecule has 7 nitrogen and oxygen atoms in total. The van der Waals surface area contributed by atoms with Crippen LogP contribution < -0.4 is 9.64 Å². The van der Waals surface area contributed by atoms with Crippen LogP contribution in [0, 0.1) is 10.1 Å². The number of nitro groups is 1. The number of benzene rings is 2. The Kier molecular flexibility index (Phi) is 6.36. The largest absolute Gasteiger partial charge is 0.497 e. The molecule has 0 aliphatic carbocycles. The molecule has 0 saturated carbocycles. The Morgan fingerprint density at radius 2 is 1.86 bits per heavy atom. The van der Waals surface area contributed by atoms with Crippen molar-refractivity contribution in [3.63, 3.8) is 0 Å². The number of methoxy groups -OCH3 is 1. The first-order valence-electron chi connectivity index (χ1n) is 9.83. The van der Waals surface area contributed by atoms with Gasteiger partial charge in [0.2, 0.25) is 0 Å². The van der Waals surface area contributed by atoms with Crippen LogP contribution in [0.2, 0.25) is 0 Å². The molecule has 1 fully saturated rings. The maximum atomic E-state index is 13.4. The predicted octanol–water partition coefficient (Wildman–Crippen LogP) is 4.43. The standard InChI is InChI=1S/C22H27N3O4/c1-23(2)20-13-10-17(15-21(20)25(27)28)22(26)24-14-6-4-5-7-19(24)16-8-11-18(29-3)12-9-16/h8-13,15,19H,4-7,14H2,1-3H3. The van der Waals surface area contributed by atoms with Gasteiger partial charge in [0, 0.05) is 32.3 Å². The van der Waals surface area contributed by atoms with E-state index in [0.717, 1.165) is 37.0 Å². The third kappa shape index (κ3) is 4.50. The second-order valence-corrected chi connectivity index (χ2v) is 7.49. The van der Waals surface area contributed by atoms with Gasteiger partial charge in [0.05, 0.1) is 18.1 Å². The maximum absolute atomic E-state index is 13.4. The second-order valence-electron chi connectivity index (χ2n) is 7.49. The van der Waals surface area contributed by atoms with Gasteiger partial charge in [-0.25, -0.2) is 0 Å². The maximum Gasteiger partial charge on any atom is 0.293 e. The van der Waals surface area contributed by atoms with Crippen LogP contribution in [0.4, 0.5) is 11.4 Å². The molecule has 29 heavy (non-hydrogen) atoms. The zero-order chi connectivity index (χ0) is 21.0. The summed E-state index contributed by atoms with van der Waals surface area (Å²) in [5.74, 6) is 0.608. The quantitative estimate of drug-likeness (QED) is 0.551. The molecule has 0 bridgehead atoms. The van der Waals surface area contributed by atoms with Crippen LogP contribution in [0.1, 0.15) is 47.6 Å². The Morgan fingerprint density at radius 1 is 1.14 bits per heavy atom. The Labute approximate surface area is 171 Å². The van der Waals surface area contributed by atoms with Crippen molar-refractivity contribution in [2.24, 2.45) is 0 Å². The minimum absolute atomic E-state index is 0.0523. The van der Waals surface area contributed by atoms with Crippen molar-refractivity contribution >= 4 is 17.3 Å². The van der Waals surface area contributed by atoms with E-state index in [9.17, 15) is 14.9 Å². The summed E-state index contributed by atoms with van der Waals surface area (Å²) in [5.41, 5.74) is 1.83. The van der Waals surface area contributed by atoms with E-state index in [1.54, 1.807) is 38.2 Å². The molecule has 154 valence electrons. The molecule has 0 N–H and O–H groups in total. The van der Waals surface area contributed by atoms with Gasteiger partial charge in [0.25, 0.3) is 11.6 Å². The van der Waals surface area contributed by atoms with Crippen LogP contribution in [-0.2, 0) is 0 Å². The fourth-order valence-electron chi connectivity index (χ4n) is 3.87. The number of hydrogen-bond donors (Lipinski definition) is 0. The smallest absolute Gasteiger partial charge is 0.293 e. The lowest BCUT2D eigenvalue weighted by Crippen LogP contribution is -2.35. The number of nitro benzene ring substituents is 1. The summed E-state index contributed by atoms with van der Waals surface area (Å²) in [7, 11) is 5.12. The predicted molar refractivity (Wildman–Crippen MR) is 113 cm³/mol. The van der Waals surface area contributed by atoms with Gasteiger partial charge in [-0.15, -0.1) is 0 Å². The number of likely N-dealkylation sites (tertiary alicyclic amines) is 1. The van der Waals surface area contributed by atoms with E-state index in [4.69, 9.17) is 4.74 Å². The minimum atomic E-state index is -0.435. The number of amides is 1. The van der Waals surface area contributed by atoms with Gasteiger partial charge >= 0.3 is 0 Å². The van der Waals surface area contributed by atoms with Gasteiger partial charge in [-0.1, -0.05) is 25.0 Å². The molecule has 1 amide bonds. The first kappa shape index (κ1) is 20.6. The number of carbonyl (C=O) groups excluding carboxylic acids is 1. The van der Waals surface area contributed by atoms with E-state index >= 15 is 0 Å². The summed E-state index contributed by atoms with van der Waals surface area (Å²) in [6.07, 6.45) is 3.91. The average Bonchev–Trinajstić information content (AvgIpc) is 2.98. The van der Waals surface area contributed by atoms with Crippen molar-refractivity contribution in [1.29, 1.82) is 0 Å². The van der Waals surface area contributed by atoms with E-state index in [1.807, 2.05) is 29.2 Å². The van der Waals surface area contributed by atoms with Gasteiger partial charge < -0.3 is 14.5 Å². The number of ether oxygens (including phenoxy) is 1. The van der Waals surface area contributed by atoms with Crippen molar-refractivity contribution in [2.45, 2.75) is 31.7 Å². The molecule has 0 spiro atoms. The summed E-state index contributed by atoms with van der Waals surface area (Å²) >= 11 is 0. The van der Waals surface area contributed by atoms with E-state index in [0.29, 0.717) is 17.8 Å². The minimum Gasteiger partial charge on any atom is -0.497 e. The summed E-state index contributed by atoms with van der Waals surface area (Å²) in [6.45, 7) is 0.638. The van der Waals surface area contributed by atoms with Crippen LogP contribution in [-0.4, -0.2) is 43.5 Å². The number of hydrogen-bond acceptors (Lipinski definition) is 5. The molecule has 1 aliphatic rings. The summed E-state index contributed by atoms with van der Waals surface area (Å²) < 4.78 is 5.24. The molecule has 0 radical (unpaired) electrons. The molecule has 7 heteroatoms. The highest BCUT2D eigenvalue weighted by atomic mass is 16.6. The fourth-order valence-corrected chi connectivity index (χ4v) is 3.87. The normalized spacial score (nSPS) is 16.8. The number of carbonyl (C=O) groups is 1. The number of rotatable bonds is 5. The number of nitrogens with zero attached hydrogens (tertiary/aromatic N) is 3. The van der Waals surface area contributed by atoms with Gasteiger partial charge in [-0.05, 0) is 42.7 Å². The first-order valence-corrected chi connectivity index (χ1v) is 9.83. The SMILES string of the molecule is COc1ccc(C2CCCCCN2C(=O)c2ccc(N(C)C)c([N+](=O)[O-])c2)cc1. The molecule has 3 rings (SSSR count). The zero-order valence-electron chi connectivity index (χ0n) is 17.1. The summed E-state index contributed by atoms with van der Waals surface area (Å²) in [6, 6.07) is 12.5. The van der Waals surface area contributed by atoms with Gasteiger partial charge in [0.1, 0.15) is 11.4 Å². The first-order chi connectivity index (χ1) is 13.9. The van der Waals surface area contributed by atoms with Gasteiger partial charge in [-0.2, -0.15) is 0 Å². The van der Waals surface area contributed by atoms with Crippen LogP contribution in [0.25, 0.3) is 0 Å². The topological polar surface area (TPSA) is 75.9 Å². The van der Waals surface area contributed by atoms with Crippen LogP contribution in [0.5, 0.6) is 5.75 Å². The Morgan fingerprint density at radius 3 is 2.48 bits per heavy atom. The fraction of sp³-hybridized carbons (Fsp3) is 0.409. The zero-order valence-corrected chi connectivity index (χ0v) is 17.1. The van der Waals surface area contributed by atoms with Crippen molar-refractivity contribution in [1.82, 2.24) is 4.90 Å². The van der Waals surface area contributed by atoms with Crippen molar-refractivity contribution in [2.75, 3.05) is 32.6 Å². The number of anilines is 1. The van der Waals surface area contributed by atoms with Gasteiger partial charge in [-0.3, -0.25) is 14.9 Å². The van der Waals surface area contributed by atoms with Crippen molar-refractivity contribution < 1.29 is 14.5 Å². The molecule has 2 aromatic rings. The highest BCUT2D eigenvalue weighted by molar-refractivity contribution is 5.96. The summed E-state index contributed by atoms with van der Waals surface area (Å²) in [4.78, 5) is 28.0. The van der Waals surface area contributed by atoms with E-state index < -0.39 is 4.92 Å². The molecule has 1 heterocycles. The van der Waals surface area contributed by atoms with Crippen molar-refractivity contribution in [3.05, 3.63) is 63.7 Å². The second kappa shape index (κ2) is 8.94. The highest BCUT2D eigenvalue weighted by Gasteiger charge is 2.29. The Balaban J connectivity index is 1.95. The van der Waals surface area contributed by atoms with E-state index in [2.05, 4.69) is 0 Å². The molecule has 1 aliphatic heterocycles. The molecular weight excluding hydrogens is 370 g/mol. The van der Waals surface area contributed by atoms with Crippen molar-refractivity contribution in [3.8, 4) is 5.75 Å². The van der Waals surface area contributed by atoms with E-state index in [1.165, 1.54) is 6.07 Å². The molecule has 2 aromatic carbocycles. The third-order valence-corrected chi connectivity index (χ3v) is 5.42. The summed E-state index contributed by atoms with van der Waals surface area (Å²) in [5, 5.41) is 11.5.